The number of carboxylic acids is 1. The molecule has 5 heteroatoms. The van der Waals surface area contributed by atoms with Gasteiger partial charge in [-0.15, -0.1) is 11.3 Å². The summed E-state index contributed by atoms with van der Waals surface area (Å²) in [6.07, 6.45) is 4.95. The monoisotopic (exact) mass is 254 g/mol. The highest BCUT2D eigenvalue weighted by molar-refractivity contribution is 7.13. The van der Waals surface area contributed by atoms with E-state index in [1.807, 2.05) is 6.92 Å². The summed E-state index contributed by atoms with van der Waals surface area (Å²) in [7, 11) is 0. The molecule has 1 aromatic heterocycles. The van der Waals surface area contributed by atoms with Gasteiger partial charge in [-0.2, -0.15) is 0 Å². The van der Waals surface area contributed by atoms with Crippen molar-refractivity contribution in [3.63, 3.8) is 0 Å². The fraction of sp³-hybridized carbons (Fsp3) is 0.667. The van der Waals surface area contributed by atoms with Gasteiger partial charge in [0.05, 0.1) is 10.7 Å². The lowest BCUT2D eigenvalue weighted by Gasteiger charge is -2.06. The van der Waals surface area contributed by atoms with Crippen molar-refractivity contribution in [3.05, 3.63) is 15.6 Å². The van der Waals surface area contributed by atoms with Crippen molar-refractivity contribution >= 4 is 17.3 Å². The number of thiazole rings is 1. The van der Waals surface area contributed by atoms with E-state index < -0.39 is 5.97 Å². The molecule has 1 aromatic rings. The van der Waals surface area contributed by atoms with Gasteiger partial charge in [0.25, 0.3) is 0 Å². The first kappa shape index (κ1) is 12.5. The molecule has 1 atom stereocenters. The molecule has 1 aliphatic rings. The van der Waals surface area contributed by atoms with Crippen LogP contribution in [0.3, 0.4) is 0 Å². The zero-order chi connectivity index (χ0) is 12.3. The number of rotatable bonds is 5. The van der Waals surface area contributed by atoms with E-state index in [1.165, 1.54) is 24.2 Å². The van der Waals surface area contributed by atoms with Crippen molar-refractivity contribution in [3.8, 4) is 0 Å². The summed E-state index contributed by atoms with van der Waals surface area (Å²) in [5.41, 5.74) is 0.762. The Hall–Kier alpha value is -0.940. The molecule has 1 saturated heterocycles. The van der Waals surface area contributed by atoms with Crippen LogP contribution in [0.1, 0.15) is 46.6 Å². The molecule has 0 saturated carbocycles. The van der Waals surface area contributed by atoms with E-state index in [-0.39, 0.29) is 0 Å². The van der Waals surface area contributed by atoms with Crippen LogP contribution in [0.25, 0.3) is 0 Å². The Morgan fingerprint density at radius 1 is 1.65 bits per heavy atom. The Labute approximate surface area is 105 Å². The van der Waals surface area contributed by atoms with Gasteiger partial charge in [0.2, 0.25) is 0 Å². The quantitative estimate of drug-likeness (QED) is 0.844. The minimum absolute atomic E-state index is 0.430. The Morgan fingerprint density at radius 3 is 3.06 bits per heavy atom. The summed E-state index contributed by atoms with van der Waals surface area (Å²) in [5.74, 6) is -0.836. The molecule has 1 unspecified atom stereocenters. The zero-order valence-corrected chi connectivity index (χ0v) is 10.8. The molecule has 2 N–H and O–H groups in total. The van der Waals surface area contributed by atoms with Gasteiger partial charge >= 0.3 is 5.97 Å². The number of aromatic nitrogens is 1. The van der Waals surface area contributed by atoms with E-state index in [9.17, 15) is 4.79 Å². The summed E-state index contributed by atoms with van der Waals surface area (Å²) in [5, 5.41) is 13.5. The molecule has 0 aliphatic carbocycles. The lowest BCUT2D eigenvalue weighted by atomic mass is 10.2. The average molecular weight is 254 g/mol. The third kappa shape index (κ3) is 3.04. The van der Waals surface area contributed by atoms with Gasteiger partial charge in [-0.1, -0.05) is 13.3 Å². The Balaban J connectivity index is 2.11. The van der Waals surface area contributed by atoms with Crippen LogP contribution < -0.4 is 5.32 Å². The number of carboxylic acid groups (broad SMARTS) is 1. The van der Waals surface area contributed by atoms with E-state index in [4.69, 9.17) is 5.11 Å². The average Bonchev–Trinajstić information content (AvgIpc) is 2.89. The first-order valence-corrected chi connectivity index (χ1v) is 6.97. The molecular weight excluding hydrogens is 236 g/mol. The third-order valence-electron chi connectivity index (χ3n) is 3.01. The summed E-state index contributed by atoms with van der Waals surface area (Å²) in [6.45, 7) is 3.12. The number of aromatic carboxylic acids is 1. The number of nitrogens with zero attached hydrogens (tertiary/aromatic N) is 1. The van der Waals surface area contributed by atoms with Crippen molar-refractivity contribution in [1.82, 2.24) is 10.3 Å². The Bertz CT molecular complexity index is 397. The minimum atomic E-state index is -0.836. The molecule has 94 valence electrons. The normalized spacial score (nSPS) is 19.7. The van der Waals surface area contributed by atoms with Gasteiger partial charge in [-0.05, 0) is 25.8 Å². The lowest BCUT2D eigenvalue weighted by Crippen LogP contribution is -2.23. The summed E-state index contributed by atoms with van der Waals surface area (Å²) in [4.78, 5) is 16.0. The van der Waals surface area contributed by atoms with E-state index >= 15 is 0 Å². The van der Waals surface area contributed by atoms with E-state index in [1.54, 1.807) is 0 Å². The van der Waals surface area contributed by atoms with Crippen molar-refractivity contribution in [2.45, 2.75) is 45.1 Å². The standard InChI is InChI=1S/C12H18N2O2S/c1-2-4-9-11(12(15)16)17-10(14-9)7-8-5-3-6-13-8/h8,13H,2-7H2,1H3,(H,15,16). The van der Waals surface area contributed by atoms with Crippen molar-refractivity contribution in [2.75, 3.05) is 6.54 Å². The lowest BCUT2D eigenvalue weighted by molar-refractivity contribution is 0.0700. The van der Waals surface area contributed by atoms with Crippen LogP contribution in [-0.2, 0) is 12.8 Å². The molecule has 0 radical (unpaired) electrons. The maximum atomic E-state index is 11.1. The third-order valence-corrected chi connectivity index (χ3v) is 4.11. The van der Waals surface area contributed by atoms with Gasteiger partial charge < -0.3 is 10.4 Å². The molecule has 4 nitrogen and oxygen atoms in total. The maximum absolute atomic E-state index is 11.1. The molecule has 2 heterocycles. The molecule has 0 bridgehead atoms. The smallest absolute Gasteiger partial charge is 0.347 e. The van der Waals surface area contributed by atoms with Crippen LogP contribution in [0.2, 0.25) is 0 Å². The Morgan fingerprint density at radius 2 is 2.47 bits per heavy atom. The van der Waals surface area contributed by atoms with Gasteiger partial charge in [0.1, 0.15) is 4.88 Å². The van der Waals surface area contributed by atoms with Gasteiger partial charge in [-0.25, -0.2) is 9.78 Å². The van der Waals surface area contributed by atoms with Crippen LogP contribution in [0, 0.1) is 0 Å². The first-order valence-electron chi connectivity index (χ1n) is 6.16. The zero-order valence-electron chi connectivity index (χ0n) is 10.0. The van der Waals surface area contributed by atoms with Crippen LogP contribution in [0.15, 0.2) is 0 Å². The predicted octanol–water partition coefficient (Wildman–Crippen LogP) is 2.09. The van der Waals surface area contributed by atoms with Gasteiger partial charge in [-0.3, -0.25) is 0 Å². The second-order valence-corrected chi connectivity index (χ2v) is 5.52. The molecule has 0 amide bonds. The first-order chi connectivity index (χ1) is 8.20. The molecule has 1 aliphatic heterocycles. The summed E-state index contributed by atoms with van der Waals surface area (Å²) < 4.78 is 0. The number of carbonyl (C=O) groups is 1. The Kier molecular flexibility index (Phi) is 4.12. The minimum Gasteiger partial charge on any atom is -0.477 e. The van der Waals surface area contributed by atoms with Gasteiger partial charge in [0.15, 0.2) is 0 Å². The maximum Gasteiger partial charge on any atom is 0.347 e. The SMILES string of the molecule is CCCc1nc(CC2CCCN2)sc1C(=O)O. The number of hydrogen-bond acceptors (Lipinski definition) is 4. The van der Waals surface area contributed by atoms with Gasteiger partial charge in [0, 0.05) is 12.5 Å². The van der Waals surface area contributed by atoms with Crippen LogP contribution in [-0.4, -0.2) is 28.6 Å². The number of aryl methyl sites for hydroxylation is 1. The molecule has 17 heavy (non-hydrogen) atoms. The van der Waals surface area contributed by atoms with Crippen LogP contribution in [0.5, 0.6) is 0 Å². The second kappa shape index (κ2) is 5.60. The molecule has 0 aromatic carbocycles. The largest absolute Gasteiger partial charge is 0.477 e. The molecular formula is C12H18N2O2S. The van der Waals surface area contributed by atoms with Crippen molar-refractivity contribution in [2.24, 2.45) is 0 Å². The van der Waals surface area contributed by atoms with E-state index in [2.05, 4.69) is 10.3 Å². The van der Waals surface area contributed by atoms with Crippen molar-refractivity contribution < 1.29 is 9.90 Å². The predicted molar refractivity (Wildman–Crippen MR) is 67.8 cm³/mol. The molecule has 0 spiro atoms. The fourth-order valence-corrected chi connectivity index (χ4v) is 3.23. The highest BCUT2D eigenvalue weighted by Crippen LogP contribution is 2.22. The van der Waals surface area contributed by atoms with Crippen molar-refractivity contribution in [1.29, 1.82) is 0 Å². The number of nitrogens with one attached hydrogen (secondary N) is 1. The number of hydrogen-bond donors (Lipinski definition) is 2. The highest BCUT2D eigenvalue weighted by atomic mass is 32.1. The van der Waals surface area contributed by atoms with Crippen LogP contribution in [0.4, 0.5) is 0 Å². The second-order valence-electron chi connectivity index (χ2n) is 4.44. The van der Waals surface area contributed by atoms with E-state index in [0.717, 1.165) is 36.5 Å². The fourth-order valence-electron chi connectivity index (χ4n) is 2.20. The van der Waals surface area contributed by atoms with Crippen LogP contribution >= 0.6 is 11.3 Å². The highest BCUT2D eigenvalue weighted by Gasteiger charge is 2.20. The van der Waals surface area contributed by atoms with E-state index in [0.29, 0.717) is 10.9 Å². The topological polar surface area (TPSA) is 62.2 Å². The summed E-state index contributed by atoms with van der Waals surface area (Å²) >= 11 is 1.34. The molecule has 2 rings (SSSR count). The molecule has 1 fully saturated rings. The summed E-state index contributed by atoms with van der Waals surface area (Å²) in [6, 6.07) is 0.484.